The van der Waals surface area contributed by atoms with Crippen molar-refractivity contribution < 1.29 is 9.53 Å². The van der Waals surface area contributed by atoms with E-state index >= 15 is 0 Å². The number of amides is 1. The van der Waals surface area contributed by atoms with Crippen LogP contribution in [0.2, 0.25) is 5.02 Å². The van der Waals surface area contributed by atoms with Gasteiger partial charge in [-0.3, -0.25) is 4.79 Å². The third kappa shape index (κ3) is 4.10. The zero-order valence-corrected chi connectivity index (χ0v) is 13.7. The summed E-state index contributed by atoms with van der Waals surface area (Å²) in [6, 6.07) is 7.40. The number of nitrogens with one attached hydrogen (secondary N) is 1. The third-order valence-corrected chi connectivity index (χ3v) is 4.39. The van der Waals surface area contributed by atoms with Crippen molar-refractivity contribution in [2.75, 3.05) is 19.8 Å². The number of hydrogen-bond donors (Lipinski definition) is 2. The van der Waals surface area contributed by atoms with Gasteiger partial charge in [0, 0.05) is 24.8 Å². The highest BCUT2D eigenvalue weighted by atomic mass is 35.5. The molecule has 3 N–H and O–H groups in total. The lowest BCUT2D eigenvalue weighted by Gasteiger charge is -2.35. The molecule has 1 atom stereocenters. The van der Waals surface area contributed by atoms with Crippen molar-refractivity contribution in [1.29, 1.82) is 0 Å². The second kappa shape index (κ2) is 7.99. The molecular weight excluding hydrogens is 311 g/mol. The van der Waals surface area contributed by atoms with Crippen LogP contribution in [0.25, 0.3) is 0 Å². The van der Waals surface area contributed by atoms with E-state index in [2.05, 4.69) is 5.32 Å². The predicted octanol–water partition coefficient (Wildman–Crippen LogP) is 2.69. The van der Waals surface area contributed by atoms with Gasteiger partial charge in [0.15, 0.2) is 0 Å². The van der Waals surface area contributed by atoms with Crippen molar-refractivity contribution in [3.05, 3.63) is 34.9 Å². The van der Waals surface area contributed by atoms with E-state index in [1.54, 1.807) is 0 Å². The first-order valence-electron chi connectivity index (χ1n) is 6.92. The van der Waals surface area contributed by atoms with Gasteiger partial charge in [0.1, 0.15) is 0 Å². The maximum atomic E-state index is 12.6. The van der Waals surface area contributed by atoms with E-state index in [1.807, 2.05) is 31.2 Å². The average molecular weight is 333 g/mol. The summed E-state index contributed by atoms with van der Waals surface area (Å²) in [6.45, 7) is 3.45. The van der Waals surface area contributed by atoms with E-state index < -0.39 is 5.41 Å². The van der Waals surface area contributed by atoms with E-state index in [0.29, 0.717) is 37.6 Å². The first-order chi connectivity index (χ1) is 9.59. The van der Waals surface area contributed by atoms with Crippen LogP contribution in [0.3, 0.4) is 0 Å². The SMILES string of the molecule is CC(NC(=O)C1(CN)CCOCC1)c1ccccc1Cl.Cl. The highest BCUT2D eigenvalue weighted by Crippen LogP contribution is 2.31. The summed E-state index contributed by atoms with van der Waals surface area (Å²) >= 11 is 6.16. The molecule has 0 aliphatic carbocycles. The minimum atomic E-state index is -0.506. The Morgan fingerprint density at radius 1 is 1.43 bits per heavy atom. The fraction of sp³-hybridized carbons (Fsp3) is 0.533. The fourth-order valence-electron chi connectivity index (χ4n) is 2.54. The Bertz CT molecular complexity index is 476. The highest BCUT2D eigenvalue weighted by molar-refractivity contribution is 6.31. The number of ether oxygens (including phenoxy) is 1. The van der Waals surface area contributed by atoms with E-state index in [-0.39, 0.29) is 24.4 Å². The summed E-state index contributed by atoms with van der Waals surface area (Å²) in [5.74, 6) is -0.00396. The molecule has 6 heteroatoms. The van der Waals surface area contributed by atoms with Gasteiger partial charge in [0.05, 0.1) is 11.5 Å². The molecule has 118 valence electrons. The van der Waals surface area contributed by atoms with Crippen LogP contribution in [0.15, 0.2) is 24.3 Å². The number of rotatable bonds is 4. The number of carbonyl (C=O) groups is 1. The van der Waals surface area contributed by atoms with Gasteiger partial charge in [-0.25, -0.2) is 0 Å². The minimum Gasteiger partial charge on any atom is -0.381 e. The third-order valence-electron chi connectivity index (χ3n) is 4.04. The first kappa shape index (κ1) is 18.2. The van der Waals surface area contributed by atoms with Crippen LogP contribution in [0, 0.1) is 5.41 Å². The van der Waals surface area contributed by atoms with Gasteiger partial charge in [-0.05, 0) is 31.4 Å². The number of hydrogen-bond acceptors (Lipinski definition) is 3. The molecule has 0 aromatic heterocycles. The van der Waals surface area contributed by atoms with Crippen LogP contribution >= 0.6 is 24.0 Å². The minimum absolute atomic E-state index is 0. The maximum absolute atomic E-state index is 12.6. The van der Waals surface area contributed by atoms with Crippen LogP contribution in [0.5, 0.6) is 0 Å². The van der Waals surface area contributed by atoms with Gasteiger partial charge < -0.3 is 15.8 Å². The van der Waals surface area contributed by atoms with E-state index in [1.165, 1.54) is 0 Å². The Kier molecular flexibility index (Phi) is 6.94. The molecule has 1 aromatic carbocycles. The normalized spacial score (nSPS) is 18.4. The summed E-state index contributed by atoms with van der Waals surface area (Å²) in [5, 5.41) is 3.70. The zero-order chi connectivity index (χ0) is 14.6. The molecule has 4 nitrogen and oxygen atoms in total. The molecule has 0 bridgehead atoms. The van der Waals surface area contributed by atoms with Crippen molar-refractivity contribution in [2.24, 2.45) is 11.1 Å². The lowest BCUT2D eigenvalue weighted by atomic mass is 9.79. The van der Waals surface area contributed by atoms with Crippen molar-refractivity contribution in [3.63, 3.8) is 0 Å². The van der Waals surface area contributed by atoms with Crippen LogP contribution in [-0.4, -0.2) is 25.7 Å². The van der Waals surface area contributed by atoms with Crippen LogP contribution in [0.1, 0.15) is 31.4 Å². The monoisotopic (exact) mass is 332 g/mol. The molecule has 2 rings (SSSR count). The number of carbonyl (C=O) groups excluding carboxylic acids is 1. The molecule has 0 spiro atoms. The van der Waals surface area contributed by atoms with Crippen molar-refractivity contribution in [1.82, 2.24) is 5.32 Å². The summed E-state index contributed by atoms with van der Waals surface area (Å²) in [5.41, 5.74) is 6.25. The van der Waals surface area contributed by atoms with Gasteiger partial charge in [0.2, 0.25) is 5.91 Å². The van der Waals surface area contributed by atoms with Crippen LogP contribution in [0.4, 0.5) is 0 Å². The molecular formula is C15H22Cl2N2O2. The number of benzene rings is 1. The van der Waals surface area contributed by atoms with Crippen molar-refractivity contribution in [3.8, 4) is 0 Å². The molecule has 21 heavy (non-hydrogen) atoms. The second-order valence-corrected chi connectivity index (χ2v) is 5.72. The smallest absolute Gasteiger partial charge is 0.228 e. The van der Waals surface area contributed by atoms with Crippen molar-refractivity contribution in [2.45, 2.75) is 25.8 Å². The van der Waals surface area contributed by atoms with Crippen LogP contribution in [-0.2, 0) is 9.53 Å². The Morgan fingerprint density at radius 2 is 2.05 bits per heavy atom. The number of nitrogens with two attached hydrogens (primary N) is 1. The first-order valence-corrected chi connectivity index (χ1v) is 7.30. The molecule has 1 aromatic rings. The zero-order valence-electron chi connectivity index (χ0n) is 12.1. The highest BCUT2D eigenvalue weighted by Gasteiger charge is 2.39. The molecule has 0 radical (unpaired) electrons. The van der Waals surface area contributed by atoms with E-state index in [9.17, 15) is 4.79 Å². The lowest BCUT2D eigenvalue weighted by Crippen LogP contribution is -2.49. The summed E-state index contributed by atoms with van der Waals surface area (Å²) in [6.07, 6.45) is 1.34. The van der Waals surface area contributed by atoms with E-state index in [4.69, 9.17) is 22.1 Å². The molecule has 1 amide bonds. The summed E-state index contributed by atoms with van der Waals surface area (Å²) < 4.78 is 5.33. The Hall–Kier alpha value is -0.810. The molecule has 1 heterocycles. The van der Waals surface area contributed by atoms with Gasteiger partial charge in [-0.2, -0.15) is 0 Å². The van der Waals surface area contributed by atoms with E-state index in [0.717, 1.165) is 5.56 Å². The topological polar surface area (TPSA) is 64.4 Å². The van der Waals surface area contributed by atoms with Crippen molar-refractivity contribution >= 4 is 29.9 Å². The standard InChI is InChI=1S/C15H21ClN2O2.ClH/c1-11(12-4-2-3-5-13(12)16)18-14(19)15(10-17)6-8-20-9-7-15;/h2-5,11H,6-10,17H2,1H3,(H,18,19);1H. The van der Waals surface area contributed by atoms with Gasteiger partial charge in [0.25, 0.3) is 0 Å². The summed E-state index contributed by atoms with van der Waals surface area (Å²) in [4.78, 5) is 12.6. The second-order valence-electron chi connectivity index (χ2n) is 5.31. The molecule has 1 aliphatic heterocycles. The maximum Gasteiger partial charge on any atom is 0.228 e. The average Bonchev–Trinajstić information content (AvgIpc) is 2.48. The Morgan fingerprint density at radius 3 is 2.62 bits per heavy atom. The molecule has 1 fully saturated rings. The molecule has 1 aliphatic rings. The molecule has 0 saturated carbocycles. The van der Waals surface area contributed by atoms with Crippen LogP contribution < -0.4 is 11.1 Å². The van der Waals surface area contributed by atoms with Gasteiger partial charge in [-0.15, -0.1) is 12.4 Å². The largest absolute Gasteiger partial charge is 0.381 e. The lowest BCUT2D eigenvalue weighted by molar-refractivity contribution is -0.136. The Balaban J connectivity index is 0.00000220. The molecule has 1 unspecified atom stereocenters. The quantitative estimate of drug-likeness (QED) is 0.890. The Labute approximate surface area is 136 Å². The summed E-state index contributed by atoms with van der Waals surface area (Å²) in [7, 11) is 0. The van der Waals surface area contributed by atoms with Gasteiger partial charge >= 0.3 is 0 Å². The predicted molar refractivity (Wildman–Crippen MR) is 86.8 cm³/mol. The fourth-order valence-corrected chi connectivity index (χ4v) is 2.84. The number of halogens is 2. The van der Waals surface area contributed by atoms with Gasteiger partial charge in [-0.1, -0.05) is 29.8 Å². The molecule has 1 saturated heterocycles.